The number of aryl methyl sites for hydroxylation is 1. The molecule has 2 N–H and O–H groups in total. The molecule has 0 radical (unpaired) electrons. The molecule has 2 aliphatic carbocycles. The lowest BCUT2D eigenvalue weighted by Crippen LogP contribution is -2.55. The highest BCUT2D eigenvalue weighted by Gasteiger charge is 2.37. The summed E-state index contributed by atoms with van der Waals surface area (Å²) >= 11 is 0. The third-order valence-corrected chi connectivity index (χ3v) is 4.68. The Bertz CT molecular complexity index is 536. The van der Waals surface area contributed by atoms with Crippen LogP contribution < -0.4 is 5.32 Å². The monoisotopic (exact) mass is 320 g/mol. The summed E-state index contributed by atoms with van der Waals surface area (Å²) in [6.07, 6.45) is 9.84. The third kappa shape index (κ3) is 4.79. The predicted octanol–water partition coefficient (Wildman–Crippen LogP) is 0.717. The van der Waals surface area contributed by atoms with Crippen molar-refractivity contribution in [2.45, 2.75) is 50.7 Å². The van der Waals surface area contributed by atoms with Gasteiger partial charge in [0.05, 0.1) is 12.9 Å². The first-order valence-corrected chi connectivity index (χ1v) is 8.31. The minimum absolute atomic E-state index is 0.0501. The van der Waals surface area contributed by atoms with Gasteiger partial charge in [-0.3, -0.25) is 14.5 Å². The van der Waals surface area contributed by atoms with Crippen LogP contribution >= 0.6 is 0 Å². The van der Waals surface area contributed by atoms with Gasteiger partial charge in [-0.15, -0.1) is 0 Å². The van der Waals surface area contributed by atoms with Crippen LogP contribution in [0.2, 0.25) is 0 Å². The standard InChI is InChI=1S/C16H24N4O3/c21-15(3-5-19-6-4-17-11-19)18-13-7-14(8-13)20(10-16(22)23)9-12-1-2-12/h4,6,11-14H,1-3,5,7-10H2,(H,18,21)(H,22,23). The number of aromatic nitrogens is 2. The van der Waals surface area contributed by atoms with Crippen LogP contribution in [0.15, 0.2) is 18.7 Å². The normalized spacial score (nSPS) is 23.5. The fraction of sp³-hybridized carbons (Fsp3) is 0.688. The van der Waals surface area contributed by atoms with Gasteiger partial charge < -0.3 is 15.0 Å². The summed E-state index contributed by atoms with van der Waals surface area (Å²) < 4.78 is 1.88. The third-order valence-electron chi connectivity index (χ3n) is 4.68. The zero-order valence-corrected chi connectivity index (χ0v) is 13.2. The van der Waals surface area contributed by atoms with Gasteiger partial charge >= 0.3 is 5.97 Å². The summed E-state index contributed by atoms with van der Waals surface area (Å²) in [7, 11) is 0. The van der Waals surface area contributed by atoms with Gasteiger partial charge in [0, 0.05) is 44.0 Å². The molecule has 0 saturated heterocycles. The molecule has 0 unspecified atom stereocenters. The van der Waals surface area contributed by atoms with E-state index in [1.165, 1.54) is 12.8 Å². The second-order valence-corrected chi connectivity index (χ2v) is 6.71. The molecule has 1 aromatic heterocycles. The molecular weight excluding hydrogens is 296 g/mol. The Kier molecular flexibility index (Phi) is 4.95. The zero-order chi connectivity index (χ0) is 16.2. The Hall–Kier alpha value is -1.89. The Morgan fingerprint density at radius 1 is 1.35 bits per heavy atom. The summed E-state index contributed by atoms with van der Waals surface area (Å²) in [6, 6.07) is 0.483. The van der Waals surface area contributed by atoms with Crippen molar-refractivity contribution in [1.82, 2.24) is 19.8 Å². The van der Waals surface area contributed by atoms with Crippen LogP contribution in [0.5, 0.6) is 0 Å². The van der Waals surface area contributed by atoms with Gasteiger partial charge in [-0.25, -0.2) is 4.98 Å². The number of nitrogens with zero attached hydrogens (tertiary/aromatic N) is 3. The van der Waals surface area contributed by atoms with Crippen LogP contribution in [-0.2, 0) is 16.1 Å². The van der Waals surface area contributed by atoms with Gasteiger partial charge in [0.15, 0.2) is 0 Å². The number of hydrogen-bond acceptors (Lipinski definition) is 4. The van der Waals surface area contributed by atoms with Crippen LogP contribution in [0.25, 0.3) is 0 Å². The fourth-order valence-electron chi connectivity index (χ4n) is 3.10. The fourth-order valence-corrected chi connectivity index (χ4v) is 3.10. The maximum absolute atomic E-state index is 11.9. The number of nitrogens with one attached hydrogen (secondary N) is 1. The van der Waals surface area contributed by atoms with E-state index in [2.05, 4.69) is 15.2 Å². The molecule has 0 atom stereocenters. The molecule has 2 aliphatic rings. The quantitative estimate of drug-likeness (QED) is 0.700. The summed E-state index contributed by atoms with van der Waals surface area (Å²) in [4.78, 5) is 29.0. The summed E-state index contributed by atoms with van der Waals surface area (Å²) in [5.74, 6) is -0.0363. The largest absolute Gasteiger partial charge is 0.480 e. The van der Waals surface area contributed by atoms with E-state index in [4.69, 9.17) is 5.11 Å². The number of aliphatic carboxylic acids is 1. The number of rotatable bonds is 9. The van der Waals surface area contributed by atoms with E-state index < -0.39 is 5.97 Å². The van der Waals surface area contributed by atoms with E-state index in [-0.39, 0.29) is 18.5 Å². The number of carboxylic acids is 1. The number of carbonyl (C=O) groups is 2. The number of hydrogen-bond donors (Lipinski definition) is 2. The van der Waals surface area contributed by atoms with Gasteiger partial charge in [0.2, 0.25) is 5.91 Å². The van der Waals surface area contributed by atoms with Crippen LogP contribution in [0, 0.1) is 5.92 Å². The van der Waals surface area contributed by atoms with Gasteiger partial charge in [0.25, 0.3) is 0 Å². The van der Waals surface area contributed by atoms with E-state index >= 15 is 0 Å². The second kappa shape index (κ2) is 7.12. The SMILES string of the molecule is O=C(O)CN(CC1CC1)C1CC(NC(=O)CCn2ccnc2)C1. The molecule has 1 amide bonds. The molecular formula is C16H24N4O3. The first kappa shape index (κ1) is 16.0. The molecule has 1 heterocycles. The molecule has 0 bridgehead atoms. The molecule has 1 aromatic rings. The topological polar surface area (TPSA) is 87.5 Å². The van der Waals surface area contributed by atoms with Gasteiger partial charge in [-0.2, -0.15) is 0 Å². The van der Waals surface area contributed by atoms with Crippen molar-refractivity contribution in [1.29, 1.82) is 0 Å². The molecule has 126 valence electrons. The van der Waals surface area contributed by atoms with Crippen molar-refractivity contribution in [3.63, 3.8) is 0 Å². The lowest BCUT2D eigenvalue weighted by atomic mass is 9.85. The minimum atomic E-state index is -0.765. The van der Waals surface area contributed by atoms with Crippen molar-refractivity contribution in [2.75, 3.05) is 13.1 Å². The molecule has 0 spiro atoms. The van der Waals surface area contributed by atoms with E-state index in [1.54, 1.807) is 12.5 Å². The Balaban J connectivity index is 1.37. The molecule has 0 aliphatic heterocycles. The Morgan fingerprint density at radius 2 is 2.13 bits per heavy atom. The van der Waals surface area contributed by atoms with Crippen LogP contribution in [0.4, 0.5) is 0 Å². The van der Waals surface area contributed by atoms with Crippen molar-refractivity contribution >= 4 is 11.9 Å². The average Bonchev–Trinajstić information content (AvgIpc) is 3.11. The van der Waals surface area contributed by atoms with Crippen LogP contribution in [-0.4, -0.2) is 56.6 Å². The predicted molar refractivity (Wildman–Crippen MR) is 83.7 cm³/mol. The summed E-state index contributed by atoms with van der Waals surface area (Å²) in [6.45, 7) is 1.63. The maximum Gasteiger partial charge on any atom is 0.317 e. The molecule has 0 aromatic carbocycles. The zero-order valence-electron chi connectivity index (χ0n) is 13.2. The van der Waals surface area contributed by atoms with Crippen molar-refractivity contribution in [3.05, 3.63) is 18.7 Å². The number of carbonyl (C=O) groups excluding carboxylic acids is 1. The van der Waals surface area contributed by atoms with Crippen molar-refractivity contribution < 1.29 is 14.7 Å². The van der Waals surface area contributed by atoms with Crippen LogP contribution in [0.1, 0.15) is 32.1 Å². The molecule has 23 heavy (non-hydrogen) atoms. The maximum atomic E-state index is 11.9. The van der Waals surface area contributed by atoms with E-state index in [0.29, 0.717) is 24.9 Å². The first-order chi connectivity index (χ1) is 11.1. The van der Waals surface area contributed by atoms with E-state index in [1.807, 2.05) is 10.8 Å². The van der Waals surface area contributed by atoms with Crippen molar-refractivity contribution in [3.8, 4) is 0 Å². The molecule has 2 fully saturated rings. The number of amides is 1. The van der Waals surface area contributed by atoms with Gasteiger partial charge in [0.1, 0.15) is 0 Å². The highest BCUT2D eigenvalue weighted by molar-refractivity contribution is 5.76. The molecule has 2 saturated carbocycles. The van der Waals surface area contributed by atoms with Gasteiger partial charge in [-0.05, 0) is 31.6 Å². The molecule has 7 heteroatoms. The number of imidazole rings is 1. The first-order valence-electron chi connectivity index (χ1n) is 8.31. The lowest BCUT2D eigenvalue weighted by Gasteiger charge is -2.42. The average molecular weight is 320 g/mol. The Labute approximate surface area is 135 Å². The summed E-state index contributed by atoms with van der Waals surface area (Å²) in [5, 5.41) is 12.1. The Morgan fingerprint density at radius 3 is 2.74 bits per heavy atom. The highest BCUT2D eigenvalue weighted by atomic mass is 16.4. The lowest BCUT2D eigenvalue weighted by molar-refractivity contribution is -0.140. The molecule has 3 rings (SSSR count). The highest BCUT2D eigenvalue weighted by Crippen LogP contribution is 2.33. The van der Waals surface area contributed by atoms with Crippen LogP contribution in [0.3, 0.4) is 0 Å². The van der Waals surface area contributed by atoms with E-state index in [9.17, 15) is 9.59 Å². The molecule has 7 nitrogen and oxygen atoms in total. The second-order valence-electron chi connectivity index (χ2n) is 6.71. The van der Waals surface area contributed by atoms with E-state index in [0.717, 1.165) is 19.4 Å². The summed E-state index contributed by atoms with van der Waals surface area (Å²) in [5.41, 5.74) is 0. The minimum Gasteiger partial charge on any atom is -0.480 e. The number of carboxylic acid groups (broad SMARTS) is 1. The smallest absolute Gasteiger partial charge is 0.317 e. The van der Waals surface area contributed by atoms with Crippen molar-refractivity contribution in [2.24, 2.45) is 5.92 Å². The van der Waals surface area contributed by atoms with Gasteiger partial charge in [-0.1, -0.05) is 0 Å².